The summed E-state index contributed by atoms with van der Waals surface area (Å²) in [4.78, 5) is 27.3. The number of carbonyl (C=O) groups excluding carboxylic acids is 2. The van der Waals surface area contributed by atoms with Crippen LogP contribution in [-0.2, 0) is 4.79 Å². The largest absolute Gasteiger partial charge is 0.376 e. The minimum atomic E-state index is -0.181. The second-order valence-corrected chi connectivity index (χ2v) is 7.47. The molecule has 2 aromatic rings. The zero-order chi connectivity index (χ0) is 19.2. The number of rotatable bonds is 5. The molecule has 0 aromatic heterocycles. The van der Waals surface area contributed by atoms with Gasteiger partial charge in [0.15, 0.2) is 0 Å². The molecule has 2 atom stereocenters. The maximum Gasteiger partial charge on any atom is 0.255 e. The summed E-state index contributed by atoms with van der Waals surface area (Å²) >= 11 is 0. The van der Waals surface area contributed by atoms with Gasteiger partial charge >= 0.3 is 0 Å². The molecule has 2 aromatic carbocycles. The highest BCUT2D eigenvalue weighted by molar-refractivity contribution is 6.04. The van der Waals surface area contributed by atoms with E-state index in [-0.39, 0.29) is 30.8 Å². The van der Waals surface area contributed by atoms with E-state index < -0.39 is 0 Å². The number of hydrogen-bond donors (Lipinski definition) is 2. The van der Waals surface area contributed by atoms with Crippen LogP contribution in [0.3, 0.4) is 0 Å². The minimum Gasteiger partial charge on any atom is -0.376 e. The van der Waals surface area contributed by atoms with Crippen molar-refractivity contribution in [2.24, 2.45) is 11.8 Å². The lowest BCUT2D eigenvalue weighted by Crippen LogP contribution is -2.42. The van der Waals surface area contributed by atoms with Crippen molar-refractivity contribution in [2.45, 2.75) is 20.3 Å². The highest BCUT2D eigenvalue weighted by atomic mass is 35.5. The van der Waals surface area contributed by atoms with Crippen LogP contribution < -0.4 is 10.6 Å². The number of carbonyl (C=O) groups is 2. The van der Waals surface area contributed by atoms with Crippen LogP contribution in [0.15, 0.2) is 54.6 Å². The highest BCUT2D eigenvalue weighted by Gasteiger charge is 2.27. The summed E-state index contributed by atoms with van der Waals surface area (Å²) in [5.74, 6) is 0.795. The molecule has 1 saturated heterocycles. The summed E-state index contributed by atoms with van der Waals surface area (Å²) in [6.45, 7) is 6.03. The van der Waals surface area contributed by atoms with Gasteiger partial charge in [-0.2, -0.15) is 0 Å². The van der Waals surface area contributed by atoms with Crippen LogP contribution in [0, 0.1) is 11.8 Å². The molecule has 5 nitrogen and oxygen atoms in total. The van der Waals surface area contributed by atoms with E-state index in [0.717, 1.165) is 25.2 Å². The van der Waals surface area contributed by atoms with E-state index >= 15 is 0 Å². The van der Waals surface area contributed by atoms with Crippen molar-refractivity contribution >= 4 is 35.6 Å². The first kappa shape index (κ1) is 21.8. The molecule has 1 fully saturated rings. The number of halogens is 1. The van der Waals surface area contributed by atoms with Gasteiger partial charge in [-0.05, 0) is 42.5 Å². The first-order valence-electron chi connectivity index (χ1n) is 9.50. The molecule has 0 saturated carbocycles. The first-order chi connectivity index (χ1) is 13.0. The van der Waals surface area contributed by atoms with E-state index in [1.807, 2.05) is 47.4 Å². The predicted octanol–water partition coefficient (Wildman–Crippen LogP) is 4.28. The quantitative estimate of drug-likeness (QED) is 0.786. The van der Waals surface area contributed by atoms with Crippen molar-refractivity contribution in [3.8, 4) is 0 Å². The number of likely N-dealkylation sites (tertiary alicyclic amines) is 1. The van der Waals surface area contributed by atoms with E-state index in [1.165, 1.54) is 0 Å². The zero-order valence-electron chi connectivity index (χ0n) is 16.4. The monoisotopic (exact) mass is 401 g/mol. The summed E-state index contributed by atoms with van der Waals surface area (Å²) in [5, 5.41) is 5.96. The predicted molar refractivity (Wildman–Crippen MR) is 116 cm³/mol. The van der Waals surface area contributed by atoms with E-state index in [0.29, 0.717) is 23.1 Å². The van der Waals surface area contributed by atoms with Crippen LogP contribution >= 0.6 is 12.4 Å². The standard InChI is InChI=1S/C22H27N3O2.ClH/c1-16-12-17(2)15-25(14-16)22(27)19-10-6-7-11-20(19)24-21(26)13-23-18-8-4-3-5-9-18;/h3-11,16-17,23H,12-15H2,1-2H3,(H,24,26);1H. The Morgan fingerprint density at radius 3 is 2.25 bits per heavy atom. The molecule has 2 N–H and O–H groups in total. The topological polar surface area (TPSA) is 61.4 Å². The Kier molecular flexibility index (Phi) is 7.88. The van der Waals surface area contributed by atoms with Crippen LogP contribution in [0.2, 0.25) is 0 Å². The van der Waals surface area contributed by atoms with Crippen LogP contribution in [0.25, 0.3) is 0 Å². The molecule has 0 spiro atoms. The number of benzene rings is 2. The Morgan fingerprint density at radius 2 is 1.57 bits per heavy atom. The number of amides is 2. The van der Waals surface area contributed by atoms with Gasteiger partial charge in [0.05, 0.1) is 17.8 Å². The summed E-state index contributed by atoms with van der Waals surface area (Å²) in [7, 11) is 0. The van der Waals surface area contributed by atoms with Gasteiger partial charge in [-0.3, -0.25) is 9.59 Å². The molecule has 1 heterocycles. The van der Waals surface area contributed by atoms with E-state index in [9.17, 15) is 9.59 Å². The molecule has 0 aliphatic carbocycles. The Bertz CT molecular complexity index is 787. The molecule has 1 aliphatic rings. The van der Waals surface area contributed by atoms with Crippen molar-refractivity contribution in [1.29, 1.82) is 0 Å². The SMILES string of the molecule is CC1CC(C)CN(C(=O)c2ccccc2NC(=O)CNc2ccccc2)C1.Cl. The summed E-state index contributed by atoms with van der Waals surface area (Å²) in [6.07, 6.45) is 1.15. The lowest BCUT2D eigenvalue weighted by atomic mass is 9.91. The number of nitrogens with one attached hydrogen (secondary N) is 2. The normalized spacial score (nSPS) is 18.7. The lowest BCUT2D eigenvalue weighted by Gasteiger charge is -2.35. The van der Waals surface area contributed by atoms with Gasteiger partial charge in [0.1, 0.15) is 0 Å². The van der Waals surface area contributed by atoms with Crippen LogP contribution in [0.1, 0.15) is 30.6 Å². The van der Waals surface area contributed by atoms with Crippen LogP contribution in [0.4, 0.5) is 11.4 Å². The van der Waals surface area contributed by atoms with Gasteiger partial charge in [0.2, 0.25) is 5.91 Å². The summed E-state index contributed by atoms with van der Waals surface area (Å²) in [5.41, 5.74) is 1.99. The number of nitrogens with zero attached hydrogens (tertiary/aromatic N) is 1. The van der Waals surface area contributed by atoms with Gasteiger partial charge in [-0.25, -0.2) is 0 Å². The summed E-state index contributed by atoms with van der Waals surface area (Å²) < 4.78 is 0. The van der Waals surface area contributed by atoms with Crippen LogP contribution in [-0.4, -0.2) is 36.3 Å². The average Bonchev–Trinajstić information content (AvgIpc) is 2.66. The third-order valence-electron chi connectivity index (χ3n) is 4.81. The van der Waals surface area contributed by atoms with E-state index in [2.05, 4.69) is 24.5 Å². The third kappa shape index (κ3) is 5.73. The van der Waals surface area contributed by atoms with Gasteiger partial charge in [0, 0.05) is 18.8 Å². The Morgan fingerprint density at radius 1 is 0.964 bits per heavy atom. The fraction of sp³-hybridized carbons (Fsp3) is 0.364. The number of para-hydroxylation sites is 2. The Labute approximate surface area is 172 Å². The molecule has 0 radical (unpaired) electrons. The van der Waals surface area contributed by atoms with Crippen molar-refractivity contribution in [1.82, 2.24) is 4.90 Å². The molecular formula is C22H28ClN3O2. The average molecular weight is 402 g/mol. The third-order valence-corrected chi connectivity index (χ3v) is 4.81. The zero-order valence-corrected chi connectivity index (χ0v) is 17.2. The van der Waals surface area contributed by atoms with Crippen LogP contribution in [0.5, 0.6) is 0 Å². The van der Waals surface area contributed by atoms with Crippen molar-refractivity contribution in [3.63, 3.8) is 0 Å². The van der Waals surface area contributed by atoms with Gasteiger partial charge in [-0.1, -0.05) is 44.2 Å². The molecule has 6 heteroatoms. The second kappa shape index (κ2) is 10.1. The number of piperidine rings is 1. The molecule has 3 rings (SSSR count). The number of hydrogen-bond acceptors (Lipinski definition) is 3. The summed E-state index contributed by atoms with van der Waals surface area (Å²) in [6, 6.07) is 16.8. The van der Waals surface area contributed by atoms with Gasteiger partial charge < -0.3 is 15.5 Å². The van der Waals surface area contributed by atoms with E-state index in [4.69, 9.17) is 0 Å². The maximum absolute atomic E-state index is 13.0. The highest BCUT2D eigenvalue weighted by Crippen LogP contribution is 2.25. The molecule has 28 heavy (non-hydrogen) atoms. The second-order valence-electron chi connectivity index (χ2n) is 7.47. The maximum atomic E-state index is 13.0. The minimum absolute atomic E-state index is 0. The Balaban J connectivity index is 0.00000280. The van der Waals surface area contributed by atoms with Gasteiger partial charge in [0.25, 0.3) is 5.91 Å². The lowest BCUT2D eigenvalue weighted by molar-refractivity contribution is -0.114. The molecule has 0 bridgehead atoms. The fourth-order valence-electron chi connectivity index (χ4n) is 3.71. The fourth-order valence-corrected chi connectivity index (χ4v) is 3.71. The van der Waals surface area contributed by atoms with Crippen molar-refractivity contribution in [2.75, 3.05) is 30.3 Å². The first-order valence-corrected chi connectivity index (χ1v) is 9.50. The Hall–Kier alpha value is -2.53. The molecule has 2 amide bonds. The van der Waals surface area contributed by atoms with Gasteiger partial charge in [-0.15, -0.1) is 12.4 Å². The smallest absolute Gasteiger partial charge is 0.255 e. The van der Waals surface area contributed by atoms with Crippen molar-refractivity contribution in [3.05, 3.63) is 60.2 Å². The molecule has 150 valence electrons. The molecule has 2 unspecified atom stereocenters. The van der Waals surface area contributed by atoms with Crippen molar-refractivity contribution < 1.29 is 9.59 Å². The van der Waals surface area contributed by atoms with E-state index in [1.54, 1.807) is 12.1 Å². The molecular weight excluding hydrogens is 374 g/mol. The number of anilines is 2. The molecule has 1 aliphatic heterocycles.